The Kier molecular flexibility index (Phi) is 4.37. The van der Waals surface area contributed by atoms with E-state index in [0.717, 1.165) is 29.7 Å². The van der Waals surface area contributed by atoms with Gasteiger partial charge in [0.15, 0.2) is 0 Å². The van der Waals surface area contributed by atoms with E-state index in [4.69, 9.17) is 0 Å². The van der Waals surface area contributed by atoms with E-state index in [1.165, 1.54) is 12.1 Å². The fourth-order valence-corrected chi connectivity index (χ4v) is 2.63. The number of carbonyl (C=O) groups is 1. The van der Waals surface area contributed by atoms with Crippen LogP contribution in [0.4, 0.5) is 10.1 Å². The van der Waals surface area contributed by atoms with Gasteiger partial charge in [0.2, 0.25) is 5.91 Å². The minimum absolute atomic E-state index is 0.159. The van der Waals surface area contributed by atoms with Crippen LogP contribution in [0, 0.1) is 5.82 Å². The van der Waals surface area contributed by atoms with Crippen molar-refractivity contribution in [1.82, 2.24) is 9.55 Å². The molecule has 3 rings (SSSR count). The third-order valence-electron chi connectivity index (χ3n) is 3.62. The van der Waals surface area contributed by atoms with Crippen molar-refractivity contribution in [3.05, 3.63) is 60.2 Å². The maximum atomic E-state index is 13.2. The molecule has 1 aromatic heterocycles. The molecule has 118 valence electrons. The van der Waals surface area contributed by atoms with E-state index >= 15 is 0 Å². The molecule has 0 aliphatic heterocycles. The van der Waals surface area contributed by atoms with Crippen LogP contribution < -0.4 is 5.32 Å². The molecule has 2 aromatic carbocycles. The highest BCUT2D eigenvalue weighted by Gasteiger charge is 2.13. The number of rotatable bonds is 5. The average Bonchev–Trinajstić information content (AvgIpc) is 2.85. The Morgan fingerprint density at radius 3 is 2.83 bits per heavy atom. The lowest BCUT2D eigenvalue weighted by Crippen LogP contribution is -2.20. The van der Waals surface area contributed by atoms with Gasteiger partial charge in [0, 0.05) is 12.1 Å². The highest BCUT2D eigenvalue weighted by atomic mass is 19.1. The van der Waals surface area contributed by atoms with Crippen molar-refractivity contribution in [1.29, 1.82) is 0 Å². The zero-order valence-corrected chi connectivity index (χ0v) is 12.9. The number of aryl methyl sites for hydroxylation is 1. The number of nitrogens with one attached hydrogen (secondary N) is 1. The van der Waals surface area contributed by atoms with Gasteiger partial charge in [-0.2, -0.15) is 0 Å². The van der Waals surface area contributed by atoms with Crippen LogP contribution in [-0.4, -0.2) is 15.5 Å². The van der Waals surface area contributed by atoms with Crippen molar-refractivity contribution in [3.63, 3.8) is 0 Å². The Bertz CT molecular complexity index is 841. The lowest BCUT2D eigenvalue weighted by Gasteiger charge is -2.10. The van der Waals surface area contributed by atoms with Gasteiger partial charge in [-0.05, 0) is 36.8 Å². The fraction of sp³-hybridized carbons (Fsp3) is 0.222. The zero-order valence-electron chi connectivity index (χ0n) is 12.9. The summed E-state index contributed by atoms with van der Waals surface area (Å²) in [6, 6.07) is 13.6. The third kappa shape index (κ3) is 3.39. The van der Waals surface area contributed by atoms with Gasteiger partial charge in [-0.25, -0.2) is 9.37 Å². The first-order valence-corrected chi connectivity index (χ1v) is 7.67. The molecule has 0 atom stereocenters. The first-order chi connectivity index (χ1) is 11.2. The van der Waals surface area contributed by atoms with Gasteiger partial charge in [-0.15, -0.1) is 0 Å². The van der Waals surface area contributed by atoms with Crippen LogP contribution in [0.25, 0.3) is 11.0 Å². The van der Waals surface area contributed by atoms with Crippen molar-refractivity contribution in [2.75, 3.05) is 5.32 Å². The van der Waals surface area contributed by atoms with Gasteiger partial charge in [-0.3, -0.25) is 4.79 Å². The van der Waals surface area contributed by atoms with E-state index in [1.54, 1.807) is 12.1 Å². The number of hydrogen-bond donors (Lipinski definition) is 1. The monoisotopic (exact) mass is 311 g/mol. The van der Waals surface area contributed by atoms with Crippen LogP contribution in [-0.2, 0) is 17.8 Å². The zero-order chi connectivity index (χ0) is 16.2. The summed E-state index contributed by atoms with van der Waals surface area (Å²) >= 11 is 0. The number of imidazole rings is 1. The Morgan fingerprint density at radius 1 is 1.22 bits per heavy atom. The summed E-state index contributed by atoms with van der Waals surface area (Å²) in [5.74, 6) is 0.321. The van der Waals surface area contributed by atoms with Crippen LogP contribution in [0.2, 0.25) is 0 Å². The smallest absolute Gasteiger partial charge is 0.244 e. The molecule has 0 saturated carbocycles. The molecule has 0 aliphatic rings. The van der Waals surface area contributed by atoms with E-state index in [-0.39, 0.29) is 18.3 Å². The molecule has 5 heteroatoms. The Labute approximate surface area is 134 Å². The van der Waals surface area contributed by atoms with Crippen LogP contribution >= 0.6 is 0 Å². The first kappa shape index (κ1) is 15.2. The van der Waals surface area contributed by atoms with Crippen molar-refractivity contribution < 1.29 is 9.18 Å². The number of hydrogen-bond acceptors (Lipinski definition) is 2. The summed E-state index contributed by atoms with van der Waals surface area (Å²) in [5, 5.41) is 2.73. The first-order valence-electron chi connectivity index (χ1n) is 7.67. The van der Waals surface area contributed by atoms with Crippen molar-refractivity contribution >= 4 is 22.6 Å². The third-order valence-corrected chi connectivity index (χ3v) is 3.62. The van der Waals surface area contributed by atoms with Crippen molar-refractivity contribution in [3.8, 4) is 0 Å². The molecule has 0 unspecified atom stereocenters. The number of carbonyl (C=O) groups excluding carboxylic acids is 1. The number of fused-ring (bicyclic) bond motifs is 1. The van der Waals surface area contributed by atoms with Crippen LogP contribution in [0.15, 0.2) is 48.5 Å². The lowest BCUT2D eigenvalue weighted by molar-refractivity contribution is -0.116. The standard InChI is InChI=1S/C18H18FN3O/c1-2-6-17-21-15-9-3-4-10-16(15)22(17)12-18(23)20-14-8-5-7-13(19)11-14/h3-5,7-11H,2,6,12H2,1H3,(H,20,23). The molecule has 0 radical (unpaired) electrons. The summed E-state index contributed by atoms with van der Waals surface area (Å²) in [6.07, 6.45) is 1.76. The second kappa shape index (κ2) is 6.60. The number of halogens is 1. The van der Waals surface area contributed by atoms with Gasteiger partial charge in [-0.1, -0.05) is 25.1 Å². The molecule has 23 heavy (non-hydrogen) atoms. The van der Waals surface area contributed by atoms with Crippen LogP contribution in [0.5, 0.6) is 0 Å². The van der Waals surface area contributed by atoms with E-state index < -0.39 is 0 Å². The van der Waals surface area contributed by atoms with Gasteiger partial charge < -0.3 is 9.88 Å². The number of benzene rings is 2. The SMILES string of the molecule is CCCc1nc2ccccc2n1CC(=O)Nc1cccc(F)c1. The summed E-state index contributed by atoms with van der Waals surface area (Å²) in [7, 11) is 0. The maximum Gasteiger partial charge on any atom is 0.244 e. The summed E-state index contributed by atoms with van der Waals surface area (Å²) in [5.41, 5.74) is 2.27. The highest BCUT2D eigenvalue weighted by Crippen LogP contribution is 2.17. The van der Waals surface area contributed by atoms with E-state index in [0.29, 0.717) is 5.69 Å². The summed E-state index contributed by atoms with van der Waals surface area (Å²) < 4.78 is 15.1. The van der Waals surface area contributed by atoms with E-state index in [9.17, 15) is 9.18 Å². The second-order valence-electron chi connectivity index (χ2n) is 5.41. The summed E-state index contributed by atoms with van der Waals surface area (Å²) in [6.45, 7) is 2.24. The Balaban J connectivity index is 1.85. The van der Waals surface area contributed by atoms with Gasteiger partial charge >= 0.3 is 0 Å². The quantitative estimate of drug-likeness (QED) is 0.779. The molecule has 4 nitrogen and oxygen atoms in total. The van der Waals surface area contributed by atoms with Gasteiger partial charge in [0.1, 0.15) is 18.2 Å². The highest BCUT2D eigenvalue weighted by molar-refractivity contribution is 5.91. The van der Waals surface area contributed by atoms with Crippen LogP contribution in [0.3, 0.4) is 0 Å². The number of nitrogens with zero attached hydrogens (tertiary/aromatic N) is 2. The molecule has 1 amide bonds. The predicted octanol–water partition coefficient (Wildman–Crippen LogP) is 3.77. The molecule has 0 bridgehead atoms. The molecule has 1 heterocycles. The average molecular weight is 311 g/mol. The largest absolute Gasteiger partial charge is 0.324 e. The fourth-order valence-electron chi connectivity index (χ4n) is 2.63. The topological polar surface area (TPSA) is 46.9 Å². The second-order valence-corrected chi connectivity index (χ2v) is 5.41. The lowest BCUT2D eigenvalue weighted by atomic mass is 10.3. The van der Waals surface area contributed by atoms with Crippen LogP contribution in [0.1, 0.15) is 19.2 Å². The maximum absolute atomic E-state index is 13.2. The van der Waals surface area contributed by atoms with Gasteiger partial charge in [0.05, 0.1) is 11.0 Å². The normalized spacial score (nSPS) is 10.9. The molecule has 3 aromatic rings. The number of amides is 1. The van der Waals surface area contributed by atoms with E-state index in [1.807, 2.05) is 28.8 Å². The number of para-hydroxylation sites is 2. The minimum atomic E-state index is -0.373. The summed E-state index contributed by atoms with van der Waals surface area (Å²) in [4.78, 5) is 16.9. The number of anilines is 1. The molecule has 0 saturated heterocycles. The molecule has 0 spiro atoms. The molecule has 1 N–H and O–H groups in total. The van der Waals surface area contributed by atoms with Crippen molar-refractivity contribution in [2.45, 2.75) is 26.3 Å². The molecular weight excluding hydrogens is 293 g/mol. The Hall–Kier alpha value is -2.69. The van der Waals surface area contributed by atoms with Gasteiger partial charge in [0.25, 0.3) is 0 Å². The predicted molar refractivity (Wildman–Crippen MR) is 88.8 cm³/mol. The Morgan fingerprint density at radius 2 is 2.04 bits per heavy atom. The molecular formula is C18H18FN3O. The van der Waals surface area contributed by atoms with Crippen molar-refractivity contribution in [2.24, 2.45) is 0 Å². The number of aromatic nitrogens is 2. The van der Waals surface area contributed by atoms with E-state index in [2.05, 4.69) is 17.2 Å². The molecule has 0 fully saturated rings. The minimum Gasteiger partial charge on any atom is -0.324 e. The molecule has 0 aliphatic carbocycles.